The molecule has 1 aliphatic heterocycles. The van der Waals surface area contributed by atoms with Crippen molar-refractivity contribution >= 4 is 0 Å². The first-order valence-corrected chi connectivity index (χ1v) is 2.69. The number of hydrogen-bond acceptors (Lipinski definition) is 2. The van der Waals surface area contributed by atoms with Crippen molar-refractivity contribution in [1.29, 1.82) is 0 Å². The Kier molecular flexibility index (Phi) is 1.36. The Morgan fingerprint density at radius 3 is 2.62 bits per heavy atom. The van der Waals surface area contributed by atoms with Crippen molar-refractivity contribution in [1.82, 2.24) is 0 Å². The molecule has 0 aromatic heterocycles. The predicted octanol–water partition coefficient (Wildman–Crippen LogP) is 0.324. The van der Waals surface area contributed by atoms with E-state index in [-0.39, 0.29) is 12.2 Å². The molecule has 1 heterocycles. The van der Waals surface area contributed by atoms with Gasteiger partial charge in [0.25, 0.3) is 0 Å². The molecule has 1 aliphatic rings. The molecule has 8 heavy (non-hydrogen) atoms. The number of rotatable bonds is 3. The van der Waals surface area contributed by atoms with Crippen LogP contribution < -0.4 is 0 Å². The van der Waals surface area contributed by atoms with Crippen molar-refractivity contribution in [3.63, 3.8) is 0 Å². The van der Waals surface area contributed by atoms with Gasteiger partial charge in [-0.05, 0) is 6.42 Å². The molecule has 2 heteroatoms. The maximum Gasteiger partial charge on any atom is 0.118 e. The minimum atomic E-state index is -0.220. The molecule has 0 bridgehead atoms. The molecular weight excluding hydrogens is 104 g/mol. The summed E-state index contributed by atoms with van der Waals surface area (Å²) in [6, 6.07) is 0. The van der Waals surface area contributed by atoms with Gasteiger partial charge in [-0.15, -0.1) is 6.58 Å². The maximum absolute atomic E-state index is 8.61. The Balaban J connectivity index is 2.29. The van der Waals surface area contributed by atoms with Crippen LogP contribution in [0.5, 0.6) is 0 Å². The van der Waals surface area contributed by atoms with Gasteiger partial charge < -0.3 is 9.84 Å². The van der Waals surface area contributed by atoms with Crippen LogP contribution in [0.1, 0.15) is 6.42 Å². The van der Waals surface area contributed by atoms with E-state index in [1.807, 2.05) is 0 Å². The van der Waals surface area contributed by atoms with Gasteiger partial charge in [0.1, 0.15) is 5.60 Å². The predicted molar refractivity (Wildman–Crippen MR) is 30.6 cm³/mol. The average Bonchev–Trinajstić information content (AvgIpc) is 2.50. The maximum atomic E-state index is 8.61. The molecule has 1 rings (SSSR count). The van der Waals surface area contributed by atoms with Crippen LogP contribution in [0, 0.1) is 0 Å². The zero-order valence-electron chi connectivity index (χ0n) is 4.76. The summed E-state index contributed by atoms with van der Waals surface area (Å²) < 4.78 is 4.96. The third kappa shape index (κ3) is 0.904. The fourth-order valence-electron chi connectivity index (χ4n) is 0.639. The molecule has 0 unspecified atom stereocenters. The van der Waals surface area contributed by atoms with Crippen molar-refractivity contribution in [3.8, 4) is 0 Å². The fourth-order valence-corrected chi connectivity index (χ4v) is 0.639. The molecule has 1 N–H and O–H groups in total. The normalized spacial score (nSPS) is 34.6. The van der Waals surface area contributed by atoms with Gasteiger partial charge in [-0.1, -0.05) is 6.08 Å². The van der Waals surface area contributed by atoms with E-state index in [4.69, 9.17) is 9.84 Å². The lowest BCUT2D eigenvalue weighted by molar-refractivity contribution is 0.174. The zero-order chi connectivity index (χ0) is 6.04. The molecule has 0 radical (unpaired) electrons. The van der Waals surface area contributed by atoms with E-state index in [1.165, 1.54) is 0 Å². The first kappa shape index (κ1) is 5.79. The molecule has 2 nitrogen and oxygen atoms in total. The third-order valence-corrected chi connectivity index (χ3v) is 1.36. The Hall–Kier alpha value is -0.340. The summed E-state index contributed by atoms with van der Waals surface area (Å²) in [6.07, 6.45) is 2.53. The van der Waals surface area contributed by atoms with Gasteiger partial charge in [-0.3, -0.25) is 0 Å². The van der Waals surface area contributed by atoms with Crippen molar-refractivity contribution in [2.24, 2.45) is 0 Å². The van der Waals surface area contributed by atoms with E-state index in [0.29, 0.717) is 6.61 Å². The number of epoxide rings is 1. The van der Waals surface area contributed by atoms with Crippen molar-refractivity contribution < 1.29 is 9.84 Å². The Bertz CT molecular complexity index is 94.7. The van der Waals surface area contributed by atoms with Crippen LogP contribution in [0.3, 0.4) is 0 Å². The van der Waals surface area contributed by atoms with Crippen LogP contribution in [-0.2, 0) is 4.74 Å². The number of ether oxygens (including phenoxy) is 1. The zero-order valence-corrected chi connectivity index (χ0v) is 4.76. The van der Waals surface area contributed by atoms with Crippen molar-refractivity contribution in [2.45, 2.75) is 12.0 Å². The largest absolute Gasteiger partial charge is 0.393 e. The van der Waals surface area contributed by atoms with Gasteiger partial charge in [0.05, 0.1) is 13.2 Å². The minimum Gasteiger partial charge on any atom is -0.393 e. The molecule has 0 aliphatic carbocycles. The van der Waals surface area contributed by atoms with Gasteiger partial charge in [0.15, 0.2) is 0 Å². The SMILES string of the molecule is C=CC[C@]1(CO)CO1. The standard InChI is InChI=1S/C6H10O2/c1-2-3-6(4-7)5-8-6/h2,7H,1,3-5H2/t6-/m0/s1. The highest BCUT2D eigenvalue weighted by atomic mass is 16.6. The highest BCUT2D eigenvalue weighted by molar-refractivity contribution is 4.96. The van der Waals surface area contributed by atoms with E-state index >= 15 is 0 Å². The first-order valence-electron chi connectivity index (χ1n) is 2.69. The van der Waals surface area contributed by atoms with Crippen molar-refractivity contribution in [3.05, 3.63) is 12.7 Å². The van der Waals surface area contributed by atoms with E-state index < -0.39 is 0 Å². The number of aliphatic hydroxyl groups is 1. The second kappa shape index (κ2) is 1.88. The van der Waals surface area contributed by atoms with Crippen LogP contribution >= 0.6 is 0 Å². The van der Waals surface area contributed by atoms with Gasteiger partial charge in [0.2, 0.25) is 0 Å². The third-order valence-electron chi connectivity index (χ3n) is 1.36. The first-order chi connectivity index (χ1) is 3.83. The number of aliphatic hydroxyl groups excluding tert-OH is 1. The second-order valence-corrected chi connectivity index (χ2v) is 2.12. The van der Waals surface area contributed by atoms with Crippen LogP contribution in [0.2, 0.25) is 0 Å². The lowest BCUT2D eigenvalue weighted by Gasteiger charge is -2.00. The quantitative estimate of drug-likeness (QED) is 0.423. The van der Waals surface area contributed by atoms with Crippen LogP contribution in [-0.4, -0.2) is 23.9 Å². The summed E-state index contributed by atoms with van der Waals surface area (Å²) in [4.78, 5) is 0. The highest BCUT2D eigenvalue weighted by Crippen LogP contribution is 2.29. The van der Waals surface area contributed by atoms with Crippen LogP contribution in [0.25, 0.3) is 0 Å². The summed E-state index contributed by atoms with van der Waals surface area (Å²) in [7, 11) is 0. The summed E-state index contributed by atoms with van der Waals surface area (Å²) in [5, 5.41) is 8.61. The Morgan fingerprint density at radius 2 is 2.50 bits per heavy atom. The molecule has 1 fully saturated rings. The average molecular weight is 114 g/mol. The lowest BCUT2D eigenvalue weighted by atomic mass is 10.1. The summed E-state index contributed by atoms with van der Waals surface area (Å²) in [5.41, 5.74) is -0.220. The van der Waals surface area contributed by atoms with E-state index in [0.717, 1.165) is 6.42 Å². The molecule has 0 amide bonds. The van der Waals surface area contributed by atoms with Gasteiger partial charge in [-0.25, -0.2) is 0 Å². The Morgan fingerprint density at radius 1 is 1.88 bits per heavy atom. The molecule has 0 aromatic carbocycles. The molecule has 0 spiro atoms. The second-order valence-electron chi connectivity index (χ2n) is 2.12. The molecule has 0 aromatic rings. The number of hydrogen-bond donors (Lipinski definition) is 1. The summed E-state index contributed by atoms with van der Waals surface area (Å²) in [6.45, 7) is 4.36. The Labute approximate surface area is 48.8 Å². The molecule has 46 valence electrons. The molecular formula is C6H10O2. The summed E-state index contributed by atoms with van der Waals surface area (Å²) >= 11 is 0. The van der Waals surface area contributed by atoms with Crippen LogP contribution in [0.15, 0.2) is 12.7 Å². The van der Waals surface area contributed by atoms with Gasteiger partial charge in [-0.2, -0.15) is 0 Å². The minimum absolute atomic E-state index is 0.124. The fraction of sp³-hybridized carbons (Fsp3) is 0.667. The highest BCUT2D eigenvalue weighted by Gasteiger charge is 2.42. The van der Waals surface area contributed by atoms with Gasteiger partial charge >= 0.3 is 0 Å². The molecule has 1 saturated heterocycles. The molecule has 1 atom stereocenters. The summed E-state index contributed by atoms with van der Waals surface area (Å²) in [5.74, 6) is 0. The molecule has 0 saturated carbocycles. The smallest absolute Gasteiger partial charge is 0.118 e. The van der Waals surface area contributed by atoms with Gasteiger partial charge in [0, 0.05) is 0 Å². The van der Waals surface area contributed by atoms with E-state index in [9.17, 15) is 0 Å². The van der Waals surface area contributed by atoms with Crippen LogP contribution in [0.4, 0.5) is 0 Å². The van der Waals surface area contributed by atoms with Crippen molar-refractivity contribution in [2.75, 3.05) is 13.2 Å². The lowest BCUT2D eigenvalue weighted by Crippen LogP contribution is -2.14. The monoisotopic (exact) mass is 114 g/mol. The topological polar surface area (TPSA) is 32.8 Å². The van der Waals surface area contributed by atoms with E-state index in [1.54, 1.807) is 6.08 Å². The van der Waals surface area contributed by atoms with E-state index in [2.05, 4.69) is 6.58 Å².